The SMILES string of the molecule is CC(C)Cc1cc(CC(C)(C)C)c[nH]1. The summed E-state index contributed by atoms with van der Waals surface area (Å²) in [7, 11) is 0. The highest BCUT2D eigenvalue weighted by Crippen LogP contribution is 2.21. The van der Waals surface area contributed by atoms with Gasteiger partial charge in [-0.2, -0.15) is 0 Å². The summed E-state index contributed by atoms with van der Waals surface area (Å²) in [6.45, 7) is 11.3. The van der Waals surface area contributed by atoms with E-state index in [0.717, 1.165) is 18.8 Å². The molecule has 1 heterocycles. The minimum absolute atomic E-state index is 0.386. The van der Waals surface area contributed by atoms with Gasteiger partial charge in [0.1, 0.15) is 0 Å². The quantitative estimate of drug-likeness (QED) is 0.751. The maximum absolute atomic E-state index is 3.36. The van der Waals surface area contributed by atoms with Gasteiger partial charge in [0, 0.05) is 11.9 Å². The Morgan fingerprint density at radius 1 is 1.29 bits per heavy atom. The Morgan fingerprint density at radius 3 is 2.43 bits per heavy atom. The van der Waals surface area contributed by atoms with E-state index < -0.39 is 0 Å². The molecule has 0 fully saturated rings. The summed E-state index contributed by atoms with van der Waals surface area (Å²) in [4.78, 5) is 3.36. The van der Waals surface area contributed by atoms with Crippen molar-refractivity contribution in [2.24, 2.45) is 11.3 Å². The van der Waals surface area contributed by atoms with Gasteiger partial charge in [0.2, 0.25) is 0 Å². The minimum Gasteiger partial charge on any atom is -0.365 e. The van der Waals surface area contributed by atoms with Crippen LogP contribution < -0.4 is 0 Å². The molecule has 1 N–H and O–H groups in total. The molecule has 1 aromatic heterocycles. The lowest BCUT2D eigenvalue weighted by Gasteiger charge is -2.16. The van der Waals surface area contributed by atoms with E-state index in [9.17, 15) is 0 Å². The number of nitrogens with one attached hydrogen (secondary N) is 1. The molecule has 1 rings (SSSR count). The van der Waals surface area contributed by atoms with Crippen LogP contribution in [0, 0.1) is 11.3 Å². The van der Waals surface area contributed by atoms with Crippen LogP contribution in [0.2, 0.25) is 0 Å². The van der Waals surface area contributed by atoms with Gasteiger partial charge in [-0.1, -0.05) is 34.6 Å². The molecule has 14 heavy (non-hydrogen) atoms. The summed E-state index contributed by atoms with van der Waals surface area (Å²) < 4.78 is 0. The Bertz CT molecular complexity index is 276. The van der Waals surface area contributed by atoms with Crippen LogP contribution in [-0.2, 0) is 12.8 Å². The molecule has 0 aliphatic rings. The molecule has 0 saturated carbocycles. The maximum atomic E-state index is 3.36. The van der Waals surface area contributed by atoms with Crippen molar-refractivity contribution in [3.8, 4) is 0 Å². The van der Waals surface area contributed by atoms with Gasteiger partial charge in [-0.15, -0.1) is 0 Å². The molecule has 0 spiro atoms. The average Bonchev–Trinajstić information content (AvgIpc) is 2.30. The van der Waals surface area contributed by atoms with Crippen LogP contribution in [0.5, 0.6) is 0 Å². The third-order valence-corrected chi connectivity index (χ3v) is 2.17. The molecule has 0 aliphatic carbocycles. The van der Waals surface area contributed by atoms with Crippen LogP contribution in [0.1, 0.15) is 45.9 Å². The highest BCUT2D eigenvalue weighted by Gasteiger charge is 2.12. The number of hydrogen-bond acceptors (Lipinski definition) is 0. The Balaban J connectivity index is 2.60. The van der Waals surface area contributed by atoms with Crippen molar-refractivity contribution < 1.29 is 0 Å². The van der Waals surface area contributed by atoms with Crippen LogP contribution in [0.25, 0.3) is 0 Å². The monoisotopic (exact) mass is 193 g/mol. The highest BCUT2D eigenvalue weighted by molar-refractivity contribution is 5.18. The van der Waals surface area contributed by atoms with E-state index in [1.54, 1.807) is 0 Å². The first kappa shape index (κ1) is 11.4. The van der Waals surface area contributed by atoms with E-state index in [-0.39, 0.29) is 0 Å². The van der Waals surface area contributed by atoms with Gasteiger partial charge in [-0.05, 0) is 35.8 Å². The summed E-state index contributed by atoms with van der Waals surface area (Å²) in [5.74, 6) is 0.733. The van der Waals surface area contributed by atoms with Crippen molar-refractivity contribution >= 4 is 0 Å². The van der Waals surface area contributed by atoms with Crippen molar-refractivity contribution in [2.75, 3.05) is 0 Å². The lowest BCUT2D eigenvalue weighted by Crippen LogP contribution is -2.08. The van der Waals surface area contributed by atoms with Gasteiger partial charge in [0.05, 0.1) is 0 Å². The largest absolute Gasteiger partial charge is 0.365 e. The molecule has 0 unspecified atom stereocenters. The van der Waals surface area contributed by atoms with Crippen molar-refractivity contribution in [1.29, 1.82) is 0 Å². The molecule has 0 saturated heterocycles. The summed E-state index contributed by atoms with van der Waals surface area (Å²) in [5.41, 5.74) is 3.20. The number of aromatic amines is 1. The Morgan fingerprint density at radius 2 is 1.93 bits per heavy atom. The second kappa shape index (κ2) is 4.20. The number of H-pyrrole nitrogens is 1. The summed E-state index contributed by atoms with van der Waals surface area (Å²) in [5, 5.41) is 0. The lowest BCUT2D eigenvalue weighted by atomic mass is 9.89. The van der Waals surface area contributed by atoms with Gasteiger partial charge < -0.3 is 4.98 Å². The van der Waals surface area contributed by atoms with E-state index in [4.69, 9.17) is 0 Å². The van der Waals surface area contributed by atoms with Crippen molar-refractivity contribution in [3.05, 3.63) is 23.5 Å². The Kier molecular flexibility index (Phi) is 3.41. The first-order valence-electron chi connectivity index (χ1n) is 5.53. The van der Waals surface area contributed by atoms with Crippen LogP contribution in [-0.4, -0.2) is 4.98 Å². The van der Waals surface area contributed by atoms with Crippen LogP contribution in [0.3, 0.4) is 0 Å². The van der Waals surface area contributed by atoms with Gasteiger partial charge in [-0.25, -0.2) is 0 Å². The topological polar surface area (TPSA) is 15.8 Å². The zero-order valence-corrected chi connectivity index (χ0v) is 10.1. The molecule has 0 aromatic carbocycles. The fraction of sp³-hybridized carbons (Fsp3) is 0.692. The van der Waals surface area contributed by atoms with Gasteiger partial charge in [0.15, 0.2) is 0 Å². The molecule has 1 aromatic rings. The average molecular weight is 193 g/mol. The van der Waals surface area contributed by atoms with Gasteiger partial charge >= 0.3 is 0 Å². The number of aromatic nitrogens is 1. The molecule has 0 radical (unpaired) electrons. The van der Waals surface area contributed by atoms with Gasteiger partial charge in [0.25, 0.3) is 0 Å². The third-order valence-electron chi connectivity index (χ3n) is 2.17. The van der Waals surface area contributed by atoms with Crippen molar-refractivity contribution in [3.63, 3.8) is 0 Å². The lowest BCUT2D eigenvalue weighted by molar-refractivity contribution is 0.411. The van der Waals surface area contributed by atoms with Crippen LogP contribution >= 0.6 is 0 Å². The van der Waals surface area contributed by atoms with E-state index in [0.29, 0.717) is 5.41 Å². The molecule has 1 heteroatoms. The third kappa shape index (κ3) is 3.99. The molecule has 0 aliphatic heterocycles. The predicted molar refractivity (Wildman–Crippen MR) is 62.5 cm³/mol. The van der Waals surface area contributed by atoms with E-state index in [1.807, 2.05) is 0 Å². The first-order valence-corrected chi connectivity index (χ1v) is 5.53. The van der Waals surface area contributed by atoms with E-state index in [2.05, 4.69) is 51.9 Å². The van der Waals surface area contributed by atoms with Crippen molar-refractivity contribution in [2.45, 2.75) is 47.5 Å². The molecule has 1 nitrogen and oxygen atoms in total. The van der Waals surface area contributed by atoms with E-state index >= 15 is 0 Å². The predicted octanol–water partition coefficient (Wildman–Crippen LogP) is 3.80. The Labute approximate surface area is 87.9 Å². The molecular formula is C13H23N. The standard InChI is InChI=1S/C13H23N/c1-10(2)6-12-7-11(9-14-12)8-13(3,4)5/h7,9-10,14H,6,8H2,1-5H3. The Hall–Kier alpha value is -0.720. The molecule has 80 valence electrons. The number of rotatable bonds is 3. The van der Waals surface area contributed by atoms with Crippen LogP contribution in [0.15, 0.2) is 12.3 Å². The van der Waals surface area contributed by atoms with E-state index in [1.165, 1.54) is 11.3 Å². The normalized spacial score (nSPS) is 12.4. The number of hydrogen-bond donors (Lipinski definition) is 1. The highest BCUT2D eigenvalue weighted by atomic mass is 14.7. The maximum Gasteiger partial charge on any atom is 0.0152 e. The second-order valence-electron chi connectivity index (χ2n) is 5.87. The molecule has 0 atom stereocenters. The van der Waals surface area contributed by atoms with Gasteiger partial charge in [-0.3, -0.25) is 0 Å². The zero-order chi connectivity index (χ0) is 10.8. The zero-order valence-electron chi connectivity index (χ0n) is 10.1. The summed E-state index contributed by atoms with van der Waals surface area (Å²) in [6, 6.07) is 2.31. The second-order valence-corrected chi connectivity index (χ2v) is 5.87. The molecule has 0 amide bonds. The first-order chi connectivity index (χ1) is 6.37. The smallest absolute Gasteiger partial charge is 0.0152 e. The van der Waals surface area contributed by atoms with Crippen LogP contribution in [0.4, 0.5) is 0 Å². The fourth-order valence-corrected chi connectivity index (χ4v) is 1.76. The minimum atomic E-state index is 0.386. The van der Waals surface area contributed by atoms with Crippen molar-refractivity contribution in [1.82, 2.24) is 4.98 Å². The summed E-state index contributed by atoms with van der Waals surface area (Å²) >= 11 is 0. The molecule has 0 bridgehead atoms. The molecular weight excluding hydrogens is 170 g/mol. The fourth-order valence-electron chi connectivity index (χ4n) is 1.76. The summed E-state index contributed by atoms with van der Waals surface area (Å²) in [6.07, 6.45) is 4.47.